The SMILES string of the molecule is Fc1ccc(CC(Br)C2CCC(C(F)(F)F)CC2)c(F)c1. The maximum Gasteiger partial charge on any atom is 0.391 e. The molecule has 1 fully saturated rings. The molecule has 1 aromatic carbocycles. The van der Waals surface area contributed by atoms with Gasteiger partial charge in [0.25, 0.3) is 0 Å². The molecule has 1 aromatic rings. The number of halogens is 6. The van der Waals surface area contributed by atoms with Crippen LogP contribution in [0.4, 0.5) is 22.0 Å². The van der Waals surface area contributed by atoms with Crippen molar-refractivity contribution in [2.24, 2.45) is 11.8 Å². The molecular weight excluding hydrogens is 355 g/mol. The topological polar surface area (TPSA) is 0 Å². The molecule has 0 radical (unpaired) electrons. The molecule has 0 aliphatic heterocycles. The lowest BCUT2D eigenvalue weighted by Crippen LogP contribution is -2.31. The van der Waals surface area contributed by atoms with Crippen molar-refractivity contribution in [3.63, 3.8) is 0 Å². The maximum absolute atomic E-state index is 13.6. The lowest BCUT2D eigenvalue weighted by molar-refractivity contribution is -0.183. The molecule has 1 saturated carbocycles. The minimum absolute atomic E-state index is 0.0908. The van der Waals surface area contributed by atoms with Crippen molar-refractivity contribution in [2.75, 3.05) is 0 Å². The van der Waals surface area contributed by atoms with Crippen LogP contribution in [0.5, 0.6) is 0 Å². The zero-order valence-corrected chi connectivity index (χ0v) is 12.9. The molecule has 0 heterocycles. The van der Waals surface area contributed by atoms with Crippen molar-refractivity contribution >= 4 is 15.9 Å². The van der Waals surface area contributed by atoms with Crippen LogP contribution in [0.2, 0.25) is 0 Å². The Morgan fingerprint density at radius 1 is 1.10 bits per heavy atom. The van der Waals surface area contributed by atoms with E-state index in [1.54, 1.807) is 0 Å². The Hall–Kier alpha value is -0.650. The second-order valence-electron chi connectivity index (χ2n) is 5.61. The van der Waals surface area contributed by atoms with Crippen LogP contribution in [0.15, 0.2) is 18.2 Å². The summed E-state index contributed by atoms with van der Waals surface area (Å²) in [6.45, 7) is 0. The molecular formula is C15H16BrF5. The predicted molar refractivity (Wildman–Crippen MR) is 74.3 cm³/mol. The highest BCUT2D eigenvalue weighted by molar-refractivity contribution is 9.09. The van der Waals surface area contributed by atoms with E-state index in [9.17, 15) is 22.0 Å². The largest absolute Gasteiger partial charge is 0.391 e. The Balaban J connectivity index is 1.92. The monoisotopic (exact) mass is 370 g/mol. The summed E-state index contributed by atoms with van der Waals surface area (Å²) in [5.74, 6) is -2.36. The van der Waals surface area contributed by atoms with Gasteiger partial charge in [-0.05, 0) is 49.7 Å². The molecule has 0 N–H and O–H groups in total. The van der Waals surface area contributed by atoms with Crippen molar-refractivity contribution in [2.45, 2.75) is 43.1 Å². The first-order valence-electron chi connectivity index (χ1n) is 6.92. The molecule has 0 aromatic heterocycles. The molecule has 0 bridgehead atoms. The van der Waals surface area contributed by atoms with E-state index < -0.39 is 23.7 Å². The average molecular weight is 371 g/mol. The molecule has 0 saturated heterocycles. The first-order chi connectivity index (χ1) is 9.77. The normalized spacial score (nSPS) is 24.9. The number of alkyl halides is 4. The third-order valence-electron chi connectivity index (χ3n) is 4.18. The lowest BCUT2D eigenvalue weighted by Gasteiger charge is -2.32. The summed E-state index contributed by atoms with van der Waals surface area (Å²) in [4.78, 5) is -0.0911. The Bertz CT molecular complexity index is 477. The van der Waals surface area contributed by atoms with E-state index in [1.807, 2.05) is 0 Å². The van der Waals surface area contributed by atoms with Crippen LogP contribution in [0, 0.1) is 23.5 Å². The molecule has 1 unspecified atom stereocenters. The molecule has 1 atom stereocenters. The molecule has 118 valence electrons. The molecule has 6 heteroatoms. The van der Waals surface area contributed by atoms with Crippen molar-refractivity contribution < 1.29 is 22.0 Å². The highest BCUT2D eigenvalue weighted by Crippen LogP contribution is 2.42. The van der Waals surface area contributed by atoms with Gasteiger partial charge in [0, 0.05) is 10.9 Å². The third-order valence-corrected chi connectivity index (χ3v) is 5.25. The Kier molecular flexibility index (Phi) is 5.28. The summed E-state index contributed by atoms with van der Waals surface area (Å²) in [6, 6.07) is 3.41. The van der Waals surface area contributed by atoms with E-state index >= 15 is 0 Å². The fraction of sp³-hybridized carbons (Fsp3) is 0.600. The van der Waals surface area contributed by atoms with Crippen molar-refractivity contribution in [3.8, 4) is 0 Å². The van der Waals surface area contributed by atoms with E-state index in [1.165, 1.54) is 12.1 Å². The maximum atomic E-state index is 13.6. The van der Waals surface area contributed by atoms with Crippen LogP contribution in [0.25, 0.3) is 0 Å². The molecule has 0 spiro atoms. The Labute approximate surface area is 128 Å². The molecule has 21 heavy (non-hydrogen) atoms. The molecule has 1 aliphatic carbocycles. The summed E-state index contributed by atoms with van der Waals surface area (Å²) in [6.07, 6.45) is -2.56. The fourth-order valence-electron chi connectivity index (χ4n) is 2.87. The Morgan fingerprint density at radius 2 is 1.71 bits per heavy atom. The summed E-state index contributed by atoms with van der Waals surface area (Å²) < 4.78 is 64.3. The molecule has 2 rings (SSSR count). The van der Waals surface area contributed by atoms with Crippen molar-refractivity contribution in [3.05, 3.63) is 35.4 Å². The number of rotatable bonds is 3. The van der Waals surface area contributed by atoms with Crippen LogP contribution < -0.4 is 0 Å². The number of hydrogen-bond acceptors (Lipinski definition) is 0. The van der Waals surface area contributed by atoms with Gasteiger partial charge in [-0.3, -0.25) is 0 Å². The van der Waals surface area contributed by atoms with Gasteiger partial charge < -0.3 is 0 Å². The van der Waals surface area contributed by atoms with E-state index in [0.29, 0.717) is 24.8 Å². The first-order valence-corrected chi connectivity index (χ1v) is 7.83. The summed E-state index contributed by atoms with van der Waals surface area (Å²) >= 11 is 3.46. The highest BCUT2D eigenvalue weighted by atomic mass is 79.9. The number of hydrogen-bond donors (Lipinski definition) is 0. The van der Waals surface area contributed by atoms with Crippen LogP contribution >= 0.6 is 15.9 Å². The van der Waals surface area contributed by atoms with Gasteiger partial charge in [0.15, 0.2) is 0 Å². The van der Waals surface area contributed by atoms with Gasteiger partial charge in [0.05, 0.1) is 5.92 Å². The number of benzene rings is 1. The quantitative estimate of drug-likeness (QED) is 0.477. The molecule has 1 aliphatic rings. The zero-order valence-electron chi connectivity index (χ0n) is 11.3. The second-order valence-corrected chi connectivity index (χ2v) is 6.79. The van der Waals surface area contributed by atoms with Gasteiger partial charge in [0.1, 0.15) is 11.6 Å². The highest BCUT2D eigenvalue weighted by Gasteiger charge is 2.42. The summed E-state index contributed by atoms with van der Waals surface area (Å²) in [5.41, 5.74) is 0.385. The molecule has 0 amide bonds. The lowest BCUT2D eigenvalue weighted by atomic mass is 9.79. The van der Waals surface area contributed by atoms with Gasteiger partial charge >= 0.3 is 6.18 Å². The Morgan fingerprint density at radius 3 is 2.24 bits per heavy atom. The van der Waals surface area contributed by atoms with Crippen LogP contribution in [-0.4, -0.2) is 11.0 Å². The van der Waals surface area contributed by atoms with E-state index in [0.717, 1.165) is 6.07 Å². The smallest absolute Gasteiger partial charge is 0.207 e. The van der Waals surface area contributed by atoms with Gasteiger partial charge in [-0.15, -0.1) is 0 Å². The van der Waals surface area contributed by atoms with Crippen molar-refractivity contribution in [1.29, 1.82) is 0 Å². The summed E-state index contributed by atoms with van der Waals surface area (Å²) in [7, 11) is 0. The van der Waals surface area contributed by atoms with Gasteiger partial charge in [-0.25, -0.2) is 8.78 Å². The van der Waals surface area contributed by atoms with Crippen LogP contribution in [-0.2, 0) is 6.42 Å². The minimum Gasteiger partial charge on any atom is -0.207 e. The first kappa shape index (κ1) is 16.7. The second kappa shape index (κ2) is 6.63. The van der Waals surface area contributed by atoms with Crippen LogP contribution in [0.3, 0.4) is 0 Å². The summed E-state index contributed by atoms with van der Waals surface area (Å²) in [5, 5.41) is 0. The van der Waals surface area contributed by atoms with Crippen LogP contribution in [0.1, 0.15) is 31.2 Å². The van der Waals surface area contributed by atoms with Gasteiger partial charge in [0.2, 0.25) is 0 Å². The third kappa shape index (κ3) is 4.41. The standard InChI is InChI=1S/C15H16BrF5/c16-13(7-10-3-6-12(17)8-14(10)18)9-1-4-11(5-2-9)15(19,20)21/h3,6,8-9,11,13H,1-2,4-5,7H2. The predicted octanol–water partition coefficient (Wildman–Crippen LogP) is 5.64. The fourth-order valence-corrected chi connectivity index (χ4v) is 3.75. The minimum atomic E-state index is -4.12. The zero-order chi connectivity index (χ0) is 15.6. The van der Waals surface area contributed by atoms with Crippen molar-refractivity contribution in [1.82, 2.24) is 0 Å². The van der Waals surface area contributed by atoms with E-state index in [4.69, 9.17) is 0 Å². The van der Waals surface area contributed by atoms with E-state index in [2.05, 4.69) is 15.9 Å². The van der Waals surface area contributed by atoms with Gasteiger partial charge in [-0.1, -0.05) is 22.0 Å². The molecule has 0 nitrogen and oxygen atoms in total. The van der Waals surface area contributed by atoms with Gasteiger partial charge in [-0.2, -0.15) is 13.2 Å². The average Bonchev–Trinajstić information content (AvgIpc) is 2.41. The van der Waals surface area contributed by atoms with E-state index in [-0.39, 0.29) is 23.6 Å².